The number of carbonyl (C=O) groups is 1. The molecule has 8 heteroatoms. The maximum absolute atomic E-state index is 11.8. The minimum Gasteiger partial charge on any atom is -0.393 e. The van der Waals surface area contributed by atoms with E-state index >= 15 is 0 Å². The van der Waals surface area contributed by atoms with Crippen LogP contribution in [0.1, 0.15) is 17.3 Å². The van der Waals surface area contributed by atoms with Crippen molar-refractivity contribution in [1.29, 1.82) is 0 Å². The van der Waals surface area contributed by atoms with E-state index in [-0.39, 0.29) is 22.8 Å². The van der Waals surface area contributed by atoms with Crippen molar-refractivity contribution in [3.63, 3.8) is 0 Å². The van der Waals surface area contributed by atoms with Crippen molar-refractivity contribution in [3.05, 3.63) is 38.9 Å². The zero-order chi connectivity index (χ0) is 14.6. The smallest absolute Gasteiger partial charge is 0.270 e. The molecule has 1 aromatic rings. The maximum atomic E-state index is 11.8. The van der Waals surface area contributed by atoms with E-state index < -0.39 is 23.0 Å². The van der Waals surface area contributed by atoms with Gasteiger partial charge in [-0.25, -0.2) is 0 Å². The first-order valence-corrected chi connectivity index (χ1v) is 5.70. The Labute approximate surface area is 114 Å². The van der Waals surface area contributed by atoms with E-state index in [1.54, 1.807) is 0 Å². The van der Waals surface area contributed by atoms with Crippen molar-refractivity contribution in [2.45, 2.75) is 12.5 Å². The van der Waals surface area contributed by atoms with E-state index in [1.807, 2.05) is 0 Å². The molecule has 19 heavy (non-hydrogen) atoms. The molecule has 7 nitrogen and oxygen atoms in total. The van der Waals surface area contributed by atoms with Crippen LogP contribution >= 0.6 is 11.6 Å². The predicted octanol–water partition coefficient (Wildman–Crippen LogP) is 0.721. The van der Waals surface area contributed by atoms with Crippen molar-refractivity contribution >= 4 is 23.2 Å². The van der Waals surface area contributed by atoms with Gasteiger partial charge in [0.1, 0.15) is 5.60 Å². The van der Waals surface area contributed by atoms with Crippen LogP contribution in [0.25, 0.3) is 0 Å². The molecule has 0 radical (unpaired) electrons. The highest BCUT2D eigenvalue weighted by molar-refractivity contribution is 6.34. The third-order valence-electron chi connectivity index (χ3n) is 2.38. The number of rotatable bonds is 5. The van der Waals surface area contributed by atoms with E-state index in [9.17, 15) is 20.0 Å². The van der Waals surface area contributed by atoms with E-state index in [4.69, 9.17) is 16.7 Å². The second kappa shape index (κ2) is 5.96. The number of hydrogen-bond acceptors (Lipinski definition) is 5. The Kier molecular flexibility index (Phi) is 4.82. The SMILES string of the molecule is CC(O)(CO)CNC(=O)c1ccc([N+](=O)[O-])cc1Cl. The van der Waals surface area contributed by atoms with Gasteiger partial charge in [0, 0.05) is 18.7 Å². The first-order valence-electron chi connectivity index (χ1n) is 5.32. The minimum atomic E-state index is -1.44. The highest BCUT2D eigenvalue weighted by Gasteiger charge is 2.21. The summed E-state index contributed by atoms with van der Waals surface area (Å²) < 4.78 is 0. The number of nitro benzene ring substituents is 1. The van der Waals surface area contributed by atoms with Gasteiger partial charge in [-0.2, -0.15) is 0 Å². The lowest BCUT2D eigenvalue weighted by molar-refractivity contribution is -0.384. The van der Waals surface area contributed by atoms with E-state index in [0.29, 0.717) is 0 Å². The Hall–Kier alpha value is -1.70. The van der Waals surface area contributed by atoms with Crippen LogP contribution in [0.2, 0.25) is 5.02 Å². The number of carbonyl (C=O) groups excluding carboxylic acids is 1. The number of nitro groups is 1. The second-order valence-corrected chi connectivity index (χ2v) is 4.67. The van der Waals surface area contributed by atoms with Gasteiger partial charge in [0.25, 0.3) is 11.6 Å². The topological polar surface area (TPSA) is 113 Å². The Morgan fingerprint density at radius 2 is 2.21 bits per heavy atom. The lowest BCUT2D eigenvalue weighted by atomic mass is 10.1. The van der Waals surface area contributed by atoms with Crippen molar-refractivity contribution in [3.8, 4) is 0 Å². The minimum absolute atomic E-state index is 0.0565. The summed E-state index contributed by atoms with van der Waals surface area (Å²) in [5.41, 5.74) is -1.60. The molecule has 1 unspecified atom stereocenters. The molecular formula is C11H13ClN2O5. The van der Waals surface area contributed by atoms with Crippen LogP contribution in [-0.4, -0.2) is 39.8 Å². The summed E-state index contributed by atoms with van der Waals surface area (Å²) in [5.74, 6) is -0.589. The summed E-state index contributed by atoms with van der Waals surface area (Å²) >= 11 is 5.78. The van der Waals surface area contributed by atoms with Gasteiger partial charge in [-0.1, -0.05) is 11.6 Å². The van der Waals surface area contributed by atoms with Crippen LogP contribution in [0.5, 0.6) is 0 Å². The normalized spacial score (nSPS) is 13.7. The van der Waals surface area contributed by atoms with Gasteiger partial charge in [0.05, 0.1) is 22.1 Å². The lowest BCUT2D eigenvalue weighted by Gasteiger charge is -2.20. The molecule has 0 saturated carbocycles. The van der Waals surface area contributed by atoms with Crippen LogP contribution < -0.4 is 5.32 Å². The van der Waals surface area contributed by atoms with Gasteiger partial charge in [0.2, 0.25) is 0 Å². The number of aliphatic hydroxyl groups is 2. The number of halogens is 1. The van der Waals surface area contributed by atoms with Crippen LogP contribution in [0, 0.1) is 10.1 Å². The average Bonchev–Trinajstić information content (AvgIpc) is 2.36. The molecule has 0 spiro atoms. The first kappa shape index (κ1) is 15.4. The second-order valence-electron chi connectivity index (χ2n) is 4.26. The number of nitrogens with one attached hydrogen (secondary N) is 1. The van der Waals surface area contributed by atoms with Crippen LogP contribution in [0.15, 0.2) is 18.2 Å². The molecule has 0 aliphatic heterocycles. The highest BCUT2D eigenvalue weighted by Crippen LogP contribution is 2.22. The van der Waals surface area contributed by atoms with Crippen LogP contribution in [-0.2, 0) is 0 Å². The Balaban J connectivity index is 2.81. The van der Waals surface area contributed by atoms with E-state index in [1.165, 1.54) is 13.0 Å². The van der Waals surface area contributed by atoms with Crippen molar-refractivity contribution in [2.24, 2.45) is 0 Å². The zero-order valence-electron chi connectivity index (χ0n) is 10.1. The summed E-state index contributed by atoms with van der Waals surface area (Å²) in [6.07, 6.45) is 0. The monoisotopic (exact) mass is 288 g/mol. The Morgan fingerprint density at radius 3 is 2.68 bits per heavy atom. The molecule has 3 N–H and O–H groups in total. The van der Waals surface area contributed by atoms with Gasteiger partial charge >= 0.3 is 0 Å². The summed E-state index contributed by atoms with van der Waals surface area (Å²) in [6.45, 7) is 0.668. The molecule has 0 bridgehead atoms. The number of aliphatic hydroxyl groups excluding tert-OH is 1. The van der Waals surface area contributed by atoms with Gasteiger partial charge < -0.3 is 15.5 Å². The van der Waals surface area contributed by atoms with Gasteiger partial charge in [-0.3, -0.25) is 14.9 Å². The van der Waals surface area contributed by atoms with E-state index in [0.717, 1.165) is 12.1 Å². The molecule has 1 atom stereocenters. The number of benzene rings is 1. The summed E-state index contributed by atoms with van der Waals surface area (Å²) in [5, 5.41) is 31.2. The van der Waals surface area contributed by atoms with Gasteiger partial charge in [-0.05, 0) is 13.0 Å². The lowest BCUT2D eigenvalue weighted by Crippen LogP contribution is -2.43. The number of non-ortho nitro benzene ring substituents is 1. The molecule has 0 aromatic heterocycles. The van der Waals surface area contributed by atoms with Crippen molar-refractivity contribution in [2.75, 3.05) is 13.2 Å². The Morgan fingerprint density at radius 1 is 1.58 bits per heavy atom. The molecular weight excluding hydrogens is 276 g/mol. The number of amides is 1. The van der Waals surface area contributed by atoms with Crippen LogP contribution in [0.4, 0.5) is 5.69 Å². The first-order chi connectivity index (χ1) is 8.76. The number of nitrogens with zero attached hydrogens (tertiary/aromatic N) is 1. The Bertz CT molecular complexity index is 504. The average molecular weight is 289 g/mol. The molecule has 0 heterocycles. The third kappa shape index (κ3) is 4.16. The van der Waals surface area contributed by atoms with Crippen molar-refractivity contribution in [1.82, 2.24) is 5.32 Å². The molecule has 0 fully saturated rings. The van der Waals surface area contributed by atoms with Crippen molar-refractivity contribution < 1.29 is 19.9 Å². The van der Waals surface area contributed by atoms with Gasteiger partial charge in [0.15, 0.2) is 0 Å². The molecule has 104 valence electrons. The van der Waals surface area contributed by atoms with E-state index in [2.05, 4.69) is 5.32 Å². The molecule has 1 amide bonds. The fourth-order valence-corrected chi connectivity index (χ4v) is 1.48. The standard InChI is InChI=1S/C11H13ClN2O5/c1-11(17,6-15)5-13-10(16)8-3-2-7(14(18)19)4-9(8)12/h2-4,15,17H,5-6H2,1H3,(H,13,16). The predicted molar refractivity (Wildman–Crippen MR) is 68.1 cm³/mol. The molecule has 0 aliphatic rings. The quantitative estimate of drug-likeness (QED) is 0.546. The van der Waals surface area contributed by atoms with Crippen LogP contribution in [0.3, 0.4) is 0 Å². The van der Waals surface area contributed by atoms with Gasteiger partial charge in [-0.15, -0.1) is 0 Å². The molecule has 1 rings (SSSR count). The number of hydrogen-bond donors (Lipinski definition) is 3. The largest absolute Gasteiger partial charge is 0.393 e. The molecule has 0 aliphatic carbocycles. The summed E-state index contributed by atoms with van der Waals surface area (Å²) in [4.78, 5) is 21.6. The fraction of sp³-hybridized carbons (Fsp3) is 0.364. The maximum Gasteiger partial charge on any atom is 0.270 e. The third-order valence-corrected chi connectivity index (χ3v) is 2.69. The molecule has 1 aromatic carbocycles. The summed E-state index contributed by atoms with van der Waals surface area (Å²) in [7, 11) is 0. The fourth-order valence-electron chi connectivity index (χ4n) is 1.22. The zero-order valence-corrected chi connectivity index (χ0v) is 10.8. The molecule has 0 saturated heterocycles. The highest BCUT2D eigenvalue weighted by atomic mass is 35.5. The summed E-state index contributed by atoms with van der Waals surface area (Å²) in [6, 6.07) is 3.45.